The molecule has 258 valence electrons. The second-order valence-electron chi connectivity index (χ2n) is 15.8. The Kier molecular flexibility index (Phi) is 9.61. The predicted molar refractivity (Wildman–Crippen MR) is 182 cm³/mol. The molecule has 0 amide bonds. The van der Waals surface area contributed by atoms with E-state index in [0.29, 0.717) is 49.5 Å². The lowest BCUT2D eigenvalue weighted by Crippen LogP contribution is -2.69. The summed E-state index contributed by atoms with van der Waals surface area (Å²) in [7, 11) is 0. The van der Waals surface area contributed by atoms with Gasteiger partial charge in [0.1, 0.15) is 24.5 Å². The molecular weight excluding hydrogens is 580 g/mol. The minimum atomic E-state index is -0.962. The number of hydrogen-bond acceptors (Lipinski definition) is 11. The molecule has 4 unspecified atom stereocenters. The molecule has 0 radical (unpaired) electrons. The maximum absolute atomic E-state index is 11.3. The fraction of sp³-hybridized carbons (Fsp3) is 0.829. The van der Waals surface area contributed by atoms with Crippen LogP contribution in [0.3, 0.4) is 0 Å². The number of anilines is 2. The van der Waals surface area contributed by atoms with Crippen LogP contribution in [0.2, 0.25) is 0 Å². The molecule has 3 saturated heterocycles. The third kappa shape index (κ3) is 6.44. The van der Waals surface area contributed by atoms with Crippen molar-refractivity contribution < 1.29 is 14.9 Å². The van der Waals surface area contributed by atoms with E-state index in [1.54, 1.807) is 0 Å². The Labute approximate surface area is 276 Å². The Balaban J connectivity index is 0.907. The van der Waals surface area contributed by atoms with E-state index in [1.165, 1.54) is 61.9 Å². The molecule has 8 N–H and O–H groups in total. The predicted octanol–water partition coefficient (Wildman–Crippen LogP) is 2.51. The molecule has 0 spiro atoms. The molecule has 0 bridgehead atoms. The minimum absolute atomic E-state index is 0.0208. The first-order valence-electron chi connectivity index (χ1n) is 18.3. The number of ether oxygens (including phenoxy) is 1. The first-order chi connectivity index (χ1) is 22.1. The van der Waals surface area contributed by atoms with E-state index in [9.17, 15) is 10.2 Å². The molecule has 2 aliphatic carbocycles. The van der Waals surface area contributed by atoms with E-state index in [-0.39, 0.29) is 18.4 Å². The van der Waals surface area contributed by atoms with Crippen LogP contribution in [0, 0.1) is 5.92 Å². The summed E-state index contributed by atoms with van der Waals surface area (Å²) in [5.74, 6) is 0.711. The maximum atomic E-state index is 11.3. The van der Waals surface area contributed by atoms with Crippen LogP contribution in [0.1, 0.15) is 91.0 Å². The topological polar surface area (TPSA) is 134 Å². The van der Waals surface area contributed by atoms with Gasteiger partial charge < -0.3 is 31.3 Å². The standard InChI is InChI=1S/C35H60N8O3/c1-5-6-7-14-41-19-38-32(36)29-33(41)43(20-37-29)34-31(45)30(44)27(46-34)18-42(21(2)3)24-15-22(16-24)8-11-28-39-25-10-9-23(17-26(25)40-28)35(4)12-13-35/h9-10,17,21-22,24,27-34,37-40,44-45H,5-8,11-16,18-20,36H2,1-4H3/t22?,24?,27-,28?,29?,30-,31-,32?,33?,34-/m1/s1. The highest BCUT2D eigenvalue weighted by Crippen LogP contribution is 2.49. The maximum Gasteiger partial charge on any atom is 0.142 e. The van der Waals surface area contributed by atoms with Crippen LogP contribution in [-0.2, 0) is 10.2 Å². The molecule has 1 aromatic rings. The molecule has 2 saturated carbocycles. The Morgan fingerprint density at radius 3 is 2.57 bits per heavy atom. The van der Waals surface area contributed by atoms with Gasteiger partial charge in [-0.1, -0.05) is 32.8 Å². The zero-order valence-electron chi connectivity index (χ0n) is 28.5. The van der Waals surface area contributed by atoms with E-state index in [4.69, 9.17) is 10.5 Å². The Bertz CT molecular complexity index is 1190. The molecule has 6 aliphatic rings. The van der Waals surface area contributed by atoms with Gasteiger partial charge in [-0.3, -0.25) is 20.4 Å². The summed E-state index contributed by atoms with van der Waals surface area (Å²) in [6.45, 7) is 11.9. The number of aliphatic hydroxyl groups excluding tert-OH is 2. The number of fused-ring (bicyclic) bond motifs is 2. The zero-order valence-corrected chi connectivity index (χ0v) is 28.5. The lowest BCUT2D eigenvalue weighted by Gasteiger charge is -2.46. The van der Waals surface area contributed by atoms with E-state index in [0.717, 1.165) is 19.4 Å². The first-order valence-corrected chi connectivity index (χ1v) is 18.3. The molecule has 46 heavy (non-hydrogen) atoms. The fourth-order valence-corrected chi connectivity index (χ4v) is 8.77. The van der Waals surface area contributed by atoms with Crippen LogP contribution in [0.25, 0.3) is 0 Å². The van der Waals surface area contributed by atoms with E-state index < -0.39 is 24.5 Å². The van der Waals surface area contributed by atoms with Gasteiger partial charge >= 0.3 is 0 Å². The number of nitrogens with two attached hydrogens (primary N) is 1. The number of nitrogens with one attached hydrogen (secondary N) is 4. The summed E-state index contributed by atoms with van der Waals surface area (Å²) in [6.07, 6.45) is 8.01. The lowest BCUT2D eigenvalue weighted by molar-refractivity contribution is -0.134. The van der Waals surface area contributed by atoms with Crippen LogP contribution in [0.4, 0.5) is 11.4 Å². The van der Waals surface area contributed by atoms with Crippen molar-refractivity contribution in [1.82, 2.24) is 25.3 Å². The summed E-state index contributed by atoms with van der Waals surface area (Å²) >= 11 is 0. The monoisotopic (exact) mass is 640 g/mol. The quantitative estimate of drug-likeness (QED) is 0.161. The SMILES string of the molecule is CCCCCN1CNC(N)C2NCN([C@@H]3O[C@H](CN(C(C)C)C4CC(CCC5Nc6ccc(C7(C)CC7)cc6N5)C4)[C@@H](O)[C@H]3O)C21. The number of rotatable bonds is 13. The fourth-order valence-electron chi connectivity index (χ4n) is 8.77. The van der Waals surface area contributed by atoms with Crippen LogP contribution in [-0.4, -0.2) is 113 Å². The first kappa shape index (κ1) is 33.0. The molecule has 7 rings (SSSR count). The average Bonchev–Trinajstić information content (AvgIpc) is 3.32. The van der Waals surface area contributed by atoms with Crippen molar-refractivity contribution >= 4 is 11.4 Å². The van der Waals surface area contributed by atoms with Gasteiger partial charge in [0.15, 0.2) is 0 Å². The molecule has 11 nitrogen and oxygen atoms in total. The van der Waals surface area contributed by atoms with Crippen LogP contribution in [0.15, 0.2) is 18.2 Å². The Morgan fingerprint density at radius 2 is 1.83 bits per heavy atom. The highest BCUT2D eigenvalue weighted by molar-refractivity contribution is 5.75. The third-order valence-corrected chi connectivity index (χ3v) is 12.1. The Hall–Kier alpha value is -1.54. The molecule has 4 heterocycles. The van der Waals surface area contributed by atoms with Gasteiger partial charge in [-0.25, -0.2) is 4.90 Å². The van der Waals surface area contributed by atoms with Crippen molar-refractivity contribution in [3.63, 3.8) is 0 Å². The van der Waals surface area contributed by atoms with Crippen molar-refractivity contribution in [3.8, 4) is 0 Å². The van der Waals surface area contributed by atoms with Gasteiger partial charge in [0, 0.05) is 25.2 Å². The molecule has 4 aliphatic heterocycles. The van der Waals surface area contributed by atoms with Gasteiger partial charge in [0.05, 0.1) is 49.3 Å². The van der Waals surface area contributed by atoms with E-state index in [2.05, 4.69) is 81.9 Å². The Morgan fingerprint density at radius 1 is 1.04 bits per heavy atom. The second kappa shape index (κ2) is 13.4. The summed E-state index contributed by atoms with van der Waals surface area (Å²) < 4.78 is 6.57. The summed E-state index contributed by atoms with van der Waals surface area (Å²) in [6, 6.07) is 7.77. The van der Waals surface area contributed by atoms with Crippen LogP contribution >= 0.6 is 0 Å². The van der Waals surface area contributed by atoms with Crippen LogP contribution in [0.5, 0.6) is 0 Å². The molecule has 8 atom stereocenters. The highest BCUT2D eigenvalue weighted by Gasteiger charge is 2.54. The number of nitrogens with zero attached hydrogens (tertiary/aromatic N) is 3. The number of aliphatic hydroxyl groups is 2. The second-order valence-corrected chi connectivity index (χ2v) is 15.8. The van der Waals surface area contributed by atoms with Gasteiger partial charge in [0.2, 0.25) is 0 Å². The van der Waals surface area contributed by atoms with E-state index >= 15 is 0 Å². The molecule has 0 aromatic heterocycles. The average molecular weight is 641 g/mol. The number of benzene rings is 1. The number of hydrogen-bond donors (Lipinski definition) is 7. The normalized spacial score (nSPS) is 38.5. The van der Waals surface area contributed by atoms with Gasteiger partial charge in [-0.05, 0) is 87.8 Å². The van der Waals surface area contributed by atoms with Gasteiger partial charge in [-0.15, -0.1) is 0 Å². The summed E-state index contributed by atoms with van der Waals surface area (Å²) in [4.78, 5) is 7.11. The molecule has 1 aromatic carbocycles. The highest BCUT2D eigenvalue weighted by atomic mass is 16.6. The van der Waals surface area contributed by atoms with Gasteiger partial charge in [-0.2, -0.15) is 0 Å². The largest absolute Gasteiger partial charge is 0.387 e. The van der Waals surface area contributed by atoms with Crippen molar-refractivity contribution in [2.75, 3.05) is 37.1 Å². The van der Waals surface area contributed by atoms with E-state index in [1.807, 2.05) is 0 Å². The smallest absolute Gasteiger partial charge is 0.142 e. The van der Waals surface area contributed by atoms with Gasteiger partial charge in [0.25, 0.3) is 0 Å². The van der Waals surface area contributed by atoms with Crippen molar-refractivity contribution in [3.05, 3.63) is 23.8 Å². The van der Waals surface area contributed by atoms with Crippen molar-refractivity contribution in [1.29, 1.82) is 0 Å². The lowest BCUT2D eigenvalue weighted by atomic mass is 9.76. The summed E-state index contributed by atoms with van der Waals surface area (Å²) in [5.41, 5.74) is 10.8. The minimum Gasteiger partial charge on any atom is -0.387 e. The molecule has 5 fully saturated rings. The zero-order chi connectivity index (χ0) is 32.2. The molecular formula is C35H60N8O3. The summed E-state index contributed by atoms with van der Waals surface area (Å²) in [5, 5.41) is 37.0. The third-order valence-electron chi connectivity index (χ3n) is 12.1. The van der Waals surface area contributed by atoms with Crippen molar-refractivity contribution in [2.24, 2.45) is 11.7 Å². The number of unbranched alkanes of at least 4 members (excludes halogenated alkanes) is 2. The van der Waals surface area contributed by atoms with Crippen LogP contribution < -0.4 is 27.0 Å². The molecule has 11 heteroatoms. The van der Waals surface area contributed by atoms with Crippen molar-refractivity contribution in [2.45, 2.75) is 152 Å².